The summed E-state index contributed by atoms with van der Waals surface area (Å²) < 4.78 is 10.5. The van der Waals surface area contributed by atoms with Gasteiger partial charge in [-0.2, -0.15) is 0 Å². The van der Waals surface area contributed by atoms with E-state index in [-0.39, 0.29) is 12.5 Å². The Morgan fingerprint density at radius 3 is 2.13 bits per heavy atom. The molecule has 2 rings (SSSR count). The van der Waals surface area contributed by atoms with Gasteiger partial charge in [-0.25, -0.2) is 9.59 Å². The number of amides is 2. The van der Waals surface area contributed by atoms with E-state index < -0.39 is 30.1 Å². The maximum Gasteiger partial charge on any atom is 0.408 e. The molecule has 31 heavy (non-hydrogen) atoms. The van der Waals surface area contributed by atoms with Gasteiger partial charge in [0, 0.05) is 5.69 Å². The van der Waals surface area contributed by atoms with Crippen LogP contribution in [0.25, 0.3) is 0 Å². The summed E-state index contributed by atoms with van der Waals surface area (Å²) in [5.74, 6) is -1.41. The molecule has 7 nitrogen and oxygen atoms in total. The predicted octanol–water partition coefficient (Wildman–Crippen LogP) is 4.07. The lowest BCUT2D eigenvalue weighted by molar-refractivity contribution is -0.156. The van der Waals surface area contributed by atoms with Gasteiger partial charge in [-0.1, -0.05) is 63.2 Å². The molecular weight excluding hydrogens is 396 g/mol. The molecule has 0 aliphatic rings. The van der Waals surface area contributed by atoms with Crippen LogP contribution in [-0.2, 0) is 32.1 Å². The van der Waals surface area contributed by atoms with Crippen LogP contribution in [0.5, 0.6) is 0 Å². The Balaban J connectivity index is 1.87. The molecule has 2 aromatic carbocycles. The Hall–Kier alpha value is -3.35. The highest BCUT2D eigenvalue weighted by atomic mass is 16.6. The molecule has 0 bridgehead atoms. The van der Waals surface area contributed by atoms with Crippen molar-refractivity contribution in [3.8, 4) is 0 Å². The normalized spacial score (nSPS) is 12.5. The van der Waals surface area contributed by atoms with Crippen LogP contribution in [0.15, 0.2) is 54.6 Å². The lowest BCUT2D eigenvalue weighted by atomic mass is 10.1. The molecular formula is C24H30N2O5. The summed E-state index contributed by atoms with van der Waals surface area (Å²) in [5.41, 5.74) is 2.61. The third-order valence-electron chi connectivity index (χ3n) is 4.70. The molecule has 0 aliphatic heterocycles. The van der Waals surface area contributed by atoms with Gasteiger partial charge in [-0.15, -0.1) is 0 Å². The number of aryl methyl sites for hydroxylation is 1. The van der Waals surface area contributed by atoms with Gasteiger partial charge >= 0.3 is 12.1 Å². The van der Waals surface area contributed by atoms with E-state index in [4.69, 9.17) is 9.47 Å². The van der Waals surface area contributed by atoms with Crippen LogP contribution in [0.3, 0.4) is 0 Å². The molecule has 2 amide bonds. The van der Waals surface area contributed by atoms with Crippen molar-refractivity contribution >= 4 is 23.7 Å². The molecule has 0 aliphatic carbocycles. The first-order valence-electron chi connectivity index (χ1n) is 10.4. The Labute approximate surface area is 183 Å². The zero-order valence-electron chi connectivity index (χ0n) is 18.4. The summed E-state index contributed by atoms with van der Waals surface area (Å²) in [6.07, 6.45) is -0.853. The van der Waals surface area contributed by atoms with Crippen LogP contribution in [0.1, 0.15) is 38.8 Å². The van der Waals surface area contributed by atoms with Crippen LogP contribution in [-0.4, -0.2) is 30.1 Å². The van der Waals surface area contributed by atoms with Crippen molar-refractivity contribution in [2.75, 3.05) is 5.32 Å². The fourth-order valence-corrected chi connectivity index (χ4v) is 2.76. The second-order valence-corrected chi connectivity index (χ2v) is 7.55. The van der Waals surface area contributed by atoms with E-state index in [2.05, 4.69) is 10.6 Å². The number of carbonyl (C=O) groups excluding carboxylic acids is 3. The number of ether oxygens (including phenoxy) is 2. The third kappa shape index (κ3) is 7.77. The number of hydrogen-bond acceptors (Lipinski definition) is 5. The van der Waals surface area contributed by atoms with Crippen molar-refractivity contribution in [1.82, 2.24) is 5.32 Å². The molecule has 166 valence electrons. The lowest BCUT2D eigenvalue weighted by Crippen LogP contribution is -2.47. The highest BCUT2D eigenvalue weighted by Crippen LogP contribution is 2.12. The fourth-order valence-electron chi connectivity index (χ4n) is 2.76. The van der Waals surface area contributed by atoms with Crippen LogP contribution in [0.4, 0.5) is 10.5 Å². The molecule has 2 N–H and O–H groups in total. The minimum absolute atomic E-state index is 0.0855. The van der Waals surface area contributed by atoms with Crippen molar-refractivity contribution in [2.24, 2.45) is 5.92 Å². The zero-order chi connectivity index (χ0) is 22.8. The molecule has 7 heteroatoms. The van der Waals surface area contributed by atoms with Crippen LogP contribution < -0.4 is 10.6 Å². The molecule has 0 fully saturated rings. The minimum Gasteiger partial charge on any atom is -0.451 e. The highest BCUT2D eigenvalue weighted by Gasteiger charge is 2.29. The summed E-state index contributed by atoms with van der Waals surface area (Å²) >= 11 is 0. The van der Waals surface area contributed by atoms with Gasteiger partial charge in [0.25, 0.3) is 5.91 Å². The Kier molecular flexibility index (Phi) is 9.06. The van der Waals surface area contributed by atoms with Gasteiger partial charge in [0.15, 0.2) is 6.10 Å². The summed E-state index contributed by atoms with van der Waals surface area (Å²) in [4.78, 5) is 37.1. The summed E-state index contributed by atoms with van der Waals surface area (Å²) in [6.45, 7) is 7.15. The van der Waals surface area contributed by atoms with Crippen molar-refractivity contribution in [3.05, 3.63) is 65.7 Å². The van der Waals surface area contributed by atoms with E-state index in [9.17, 15) is 14.4 Å². The van der Waals surface area contributed by atoms with Gasteiger partial charge in [-0.3, -0.25) is 4.79 Å². The average Bonchev–Trinajstić information content (AvgIpc) is 2.76. The SMILES string of the molecule is CCc1ccc(NC(=O)[C@H](C)OC(=O)[C@@H](NC(=O)OCc2ccccc2)C(C)C)cc1. The molecule has 0 heterocycles. The van der Waals surface area contributed by atoms with E-state index >= 15 is 0 Å². The van der Waals surface area contributed by atoms with E-state index in [1.54, 1.807) is 26.0 Å². The maximum absolute atomic E-state index is 12.6. The molecule has 0 spiro atoms. The van der Waals surface area contributed by atoms with E-state index in [0.717, 1.165) is 17.5 Å². The Morgan fingerprint density at radius 2 is 1.55 bits per heavy atom. The summed E-state index contributed by atoms with van der Waals surface area (Å²) in [6, 6.07) is 15.7. The standard InChI is InChI=1S/C24H30N2O5/c1-5-18-11-13-20(14-12-18)25-22(27)17(4)31-23(28)21(16(2)3)26-24(29)30-15-19-9-7-6-8-10-19/h6-14,16-17,21H,5,15H2,1-4H3,(H,25,27)(H,26,29)/t17-,21-/m0/s1. The number of esters is 1. The second kappa shape index (κ2) is 11.7. The predicted molar refractivity (Wildman–Crippen MR) is 118 cm³/mol. The number of anilines is 1. The van der Waals surface area contributed by atoms with Gasteiger partial charge in [-0.05, 0) is 42.5 Å². The van der Waals surface area contributed by atoms with E-state index in [1.807, 2.05) is 49.4 Å². The first-order valence-corrected chi connectivity index (χ1v) is 10.4. The quantitative estimate of drug-likeness (QED) is 0.590. The van der Waals surface area contributed by atoms with Crippen molar-refractivity contribution in [2.45, 2.75) is 52.9 Å². The fraction of sp³-hybridized carbons (Fsp3) is 0.375. The molecule has 2 aromatic rings. The van der Waals surface area contributed by atoms with Gasteiger partial charge in [0.1, 0.15) is 12.6 Å². The van der Waals surface area contributed by atoms with Crippen LogP contribution in [0.2, 0.25) is 0 Å². The van der Waals surface area contributed by atoms with Crippen molar-refractivity contribution in [1.29, 1.82) is 0 Å². The number of hydrogen-bond donors (Lipinski definition) is 2. The molecule has 0 saturated carbocycles. The topological polar surface area (TPSA) is 93.7 Å². The largest absolute Gasteiger partial charge is 0.451 e. The van der Waals surface area contributed by atoms with Gasteiger partial charge < -0.3 is 20.1 Å². The lowest BCUT2D eigenvalue weighted by Gasteiger charge is -2.22. The second-order valence-electron chi connectivity index (χ2n) is 7.55. The first-order chi connectivity index (χ1) is 14.8. The summed E-state index contributed by atoms with van der Waals surface area (Å²) in [5, 5.41) is 5.24. The summed E-state index contributed by atoms with van der Waals surface area (Å²) in [7, 11) is 0. The smallest absolute Gasteiger partial charge is 0.408 e. The molecule has 0 saturated heterocycles. The first kappa shape index (κ1) is 23.9. The average molecular weight is 427 g/mol. The maximum atomic E-state index is 12.6. The number of carbonyl (C=O) groups is 3. The van der Waals surface area contributed by atoms with Gasteiger partial charge in [0.05, 0.1) is 0 Å². The minimum atomic E-state index is -1.03. The molecule has 0 unspecified atom stereocenters. The molecule has 0 radical (unpaired) electrons. The molecule has 0 aromatic heterocycles. The molecule has 2 atom stereocenters. The zero-order valence-corrected chi connectivity index (χ0v) is 18.4. The highest BCUT2D eigenvalue weighted by molar-refractivity contribution is 5.95. The Bertz CT molecular complexity index is 865. The van der Waals surface area contributed by atoms with E-state index in [0.29, 0.717) is 5.69 Å². The van der Waals surface area contributed by atoms with Crippen molar-refractivity contribution < 1.29 is 23.9 Å². The third-order valence-corrected chi connectivity index (χ3v) is 4.70. The van der Waals surface area contributed by atoms with Gasteiger partial charge in [0.2, 0.25) is 0 Å². The number of alkyl carbamates (subject to hydrolysis) is 1. The van der Waals surface area contributed by atoms with Crippen LogP contribution in [0, 0.1) is 5.92 Å². The van der Waals surface area contributed by atoms with E-state index in [1.165, 1.54) is 6.92 Å². The Morgan fingerprint density at radius 1 is 0.903 bits per heavy atom. The number of benzene rings is 2. The number of nitrogens with one attached hydrogen (secondary N) is 2. The number of rotatable bonds is 9. The monoisotopic (exact) mass is 426 g/mol. The van der Waals surface area contributed by atoms with Crippen molar-refractivity contribution in [3.63, 3.8) is 0 Å². The van der Waals surface area contributed by atoms with Crippen LogP contribution >= 0.6 is 0 Å².